The fraction of sp³-hybridized carbons (Fsp3) is 0.667. The van der Waals surface area contributed by atoms with E-state index in [9.17, 15) is 5.11 Å². The lowest BCUT2D eigenvalue weighted by molar-refractivity contribution is 0.152. The van der Waals surface area contributed by atoms with Crippen molar-refractivity contribution in [3.05, 3.63) is 29.3 Å². The molecule has 1 N–H and O–H groups in total. The minimum atomic E-state index is 0.502. The molecule has 114 valence electrons. The molecule has 0 bridgehead atoms. The zero-order valence-corrected chi connectivity index (χ0v) is 12.8. The number of piperidine rings is 1. The molecule has 2 saturated heterocycles. The summed E-state index contributed by atoms with van der Waals surface area (Å²) >= 11 is 0. The van der Waals surface area contributed by atoms with Crippen molar-refractivity contribution in [1.29, 1.82) is 0 Å². The molecular formula is C18H26N2O. The standard InChI is InChI=1S/C18H26N2O/c21-18-6-4-5-15-16(18)7-8-17(15)20-12-9-14(13-20)19-10-2-1-3-11-19/h4-6,14,17,21H,1-3,7-13H2. The Balaban J connectivity index is 1.46. The summed E-state index contributed by atoms with van der Waals surface area (Å²) in [7, 11) is 0. The molecule has 0 spiro atoms. The lowest BCUT2D eigenvalue weighted by Crippen LogP contribution is -2.41. The van der Waals surface area contributed by atoms with Gasteiger partial charge in [0, 0.05) is 25.2 Å². The van der Waals surface area contributed by atoms with Crippen molar-refractivity contribution < 1.29 is 5.11 Å². The van der Waals surface area contributed by atoms with E-state index in [2.05, 4.69) is 15.9 Å². The van der Waals surface area contributed by atoms with Gasteiger partial charge in [0.15, 0.2) is 0 Å². The molecule has 1 aromatic carbocycles. The smallest absolute Gasteiger partial charge is 0.119 e. The highest BCUT2D eigenvalue weighted by Crippen LogP contribution is 2.41. The topological polar surface area (TPSA) is 26.7 Å². The first-order chi connectivity index (χ1) is 10.3. The van der Waals surface area contributed by atoms with E-state index >= 15 is 0 Å². The zero-order chi connectivity index (χ0) is 14.2. The molecule has 0 amide bonds. The highest BCUT2D eigenvalue weighted by Gasteiger charge is 2.36. The molecule has 2 heterocycles. The minimum absolute atomic E-state index is 0.502. The second-order valence-electron chi connectivity index (χ2n) is 6.93. The number of benzene rings is 1. The maximum atomic E-state index is 10.0. The SMILES string of the molecule is Oc1cccc2c1CCC2N1CCC(N2CCCCC2)C1. The normalized spacial score (nSPS) is 30.7. The molecule has 0 saturated carbocycles. The van der Waals surface area contributed by atoms with Crippen molar-refractivity contribution in [1.82, 2.24) is 9.80 Å². The molecule has 1 aliphatic carbocycles. The second-order valence-corrected chi connectivity index (χ2v) is 6.93. The second kappa shape index (κ2) is 5.62. The molecule has 2 aliphatic heterocycles. The van der Waals surface area contributed by atoms with Gasteiger partial charge in [-0.15, -0.1) is 0 Å². The Bertz CT molecular complexity index is 510. The van der Waals surface area contributed by atoms with E-state index < -0.39 is 0 Å². The predicted octanol–water partition coefficient (Wildman–Crippen LogP) is 2.94. The van der Waals surface area contributed by atoms with Crippen molar-refractivity contribution in [3.63, 3.8) is 0 Å². The van der Waals surface area contributed by atoms with Crippen molar-refractivity contribution in [3.8, 4) is 5.75 Å². The summed E-state index contributed by atoms with van der Waals surface area (Å²) in [5.41, 5.74) is 2.58. The summed E-state index contributed by atoms with van der Waals surface area (Å²) in [6, 6.07) is 7.38. The van der Waals surface area contributed by atoms with Gasteiger partial charge >= 0.3 is 0 Å². The van der Waals surface area contributed by atoms with Gasteiger partial charge in [-0.25, -0.2) is 0 Å². The zero-order valence-electron chi connectivity index (χ0n) is 12.8. The summed E-state index contributed by atoms with van der Waals surface area (Å²) in [6.45, 7) is 5.06. The summed E-state index contributed by atoms with van der Waals surface area (Å²) in [4.78, 5) is 5.40. The van der Waals surface area contributed by atoms with Gasteiger partial charge in [-0.3, -0.25) is 9.80 Å². The average Bonchev–Trinajstić information content (AvgIpc) is 3.15. The molecule has 0 radical (unpaired) electrons. The maximum Gasteiger partial charge on any atom is 0.119 e. The fourth-order valence-corrected chi connectivity index (χ4v) is 4.63. The molecule has 3 heteroatoms. The van der Waals surface area contributed by atoms with Gasteiger partial charge in [0.25, 0.3) is 0 Å². The number of phenols is 1. The van der Waals surface area contributed by atoms with E-state index in [1.165, 1.54) is 69.4 Å². The van der Waals surface area contributed by atoms with Gasteiger partial charge in [0.05, 0.1) is 0 Å². The maximum absolute atomic E-state index is 10.0. The third kappa shape index (κ3) is 2.47. The Kier molecular flexibility index (Phi) is 3.64. The Labute approximate surface area is 127 Å². The minimum Gasteiger partial charge on any atom is -0.508 e. The third-order valence-corrected chi connectivity index (χ3v) is 5.76. The molecule has 0 aromatic heterocycles. The van der Waals surface area contributed by atoms with E-state index in [-0.39, 0.29) is 0 Å². The van der Waals surface area contributed by atoms with Crippen LogP contribution in [0.15, 0.2) is 18.2 Å². The molecule has 1 aromatic rings. The van der Waals surface area contributed by atoms with Crippen molar-refractivity contribution in [2.45, 2.75) is 50.6 Å². The van der Waals surface area contributed by atoms with Crippen LogP contribution >= 0.6 is 0 Å². The van der Waals surface area contributed by atoms with Gasteiger partial charge in [-0.1, -0.05) is 18.6 Å². The van der Waals surface area contributed by atoms with Gasteiger partial charge in [-0.2, -0.15) is 0 Å². The molecule has 2 atom stereocenters. The number of phenolic OH excluding ortho intramolecular Hbond substituents is 1. The first kappa shape index (κ1) is 13.6. The molecule has 3 nitrogen and oxygen atoms in total. The Morgan fingerprint density at radius 2 is 1.81 bits per heavy atom. The van der Waals surface area contributed by atoms with Crippen LogP contribution < -0.4 is 0 Å². The number of hydrogen-bond donors (Lipinski definition) is 1. The highest BCUT2D eigenvalue weighted by atomic mass is 16.3. The van der Waals surface area contributed by atoms with Crippen LogP contribution in [0, 0.1) is 0 Å². The van der Waals surface area contributed by atoms with E-state index in [1.54, 1.807) is 0 Å². The van der Waals surface area contributed by atoms with E-state index in [0.717, 1.165) is 12.5 Å². The monoisotopic (exact) mass is 286 g/mol. The van der Waals surface area contributed by atoms with Crippen LogP contribution in [0.1, 0.15) is 49.3 Å². The molecule has 3 aliphatic rings. The highest BCUT2D eigenvalue weighted by molar-refractivity contribution is 5.44. The largest absolute Gasteiger partial charge is 0.508 e. The van der Waals surface area contributed by atoms with Crippen LogP contribution in [0.4, 0.5) is 0 Å². The van der Waals surface area contributed by atoms with E-state index in [1.807, 2.05) is 12.1 Å². The number of rotatable bonds is 2. The molecule has 4 rings (SSSR count). The third-order valence-electron chi connectivity index (χ3n) is 5.76. The van der Waals surface area contributed by atoms with Gasteiger partial charge in [-0.05, 0) is 62.4 Å². The predicted molar refractivity (Wildman–Crippen MR) is 84.6 cm³/mol. The van der Waals surface area contributed by atoms with E-state index in [0.29, 0.717) is 11.8 Å². The molecule has 21 heavy (non-hydrogen) atoms. The van der Waals surface area contributed by atoms with Crippen LogP contribution in [-0.2, 0) is 6.42 Å². The number of hydrogen-bond acceptors (Lipinski definition) is 3. The first-order valence-electron chi connectivity index (χ1n) is 8.62. The quantitative estimate of drug-likeness (QED) is 0.905. The summed E-state index contributed by atoms with van der Waals surface area (Å²) in [5, 5.41) is 10.0. The van der Waals surface area contributed by atoms with Crippen LogP contribution in [0.3, 0.4) is 0 Å². The van der Waals surface area contributed by atoms with Crippen LogP contribution in [0.2, 0.25) is 0 Å². The fourth-order valence-electron chi connectivity index (χ4n) is 4.63. The first-order valence-corrected chi connectivity index (χ1v) is 8.62. The van der Waals surface area contributed by atoms with Crippen molar-refractivity contribution in [2.24, 2.45) is 0 Å². The summed E-state index contributed by atoms with van der Waals surface area (Å²) < 4.78 is 0. The lowest BCUT2D eigenvalue weighted by Gasteiger charge is -2.33. The Hall–Kier alpha value is -1.06. The van der Waals surface area contributed by atoms with Gasteiger partial charge in [0.2, 0.25) is 0 Å². The summed E-state index contributed by atoms with van der Waals surface area (Å²) in [6.07, 6.45) is 7.73. The average molecular weight is 286 g/mol. The van der Waals surface area contributed by atoms with Gasteiger partial charge < -0.3 is 5.11 Å². The van der Waals surface area contributed by atoms with Gasteiger partial charge in [0.1, 0.15) is 5.75 Å². The number of aromatic hydroxyl groups is 1. The Morgan fingerprint density at radius 3 is 2.67 bits per heavy atom. The van der Waals surface area contributed by atoms with Crippen LogP contribution in [0.25, 0.3) is 0 Å². The molecule has 2 fully saturated rings. The number of nitrogens with zero attached hydrogens (tertiary/aromatic N) is 2. The lowest BCUT2D eigenvalue weighted by atomic mass is 10.1. The van der Waals surface area contributed by atoms with Crippen molar-refractivity contribution >= 4 is 0 Å². The van der Waals surface area contributed by atoms with Crippen LogP contribution in [-0.4, -0.2) is 47.1 Å². The van der Waals surface area contributed by atoms with Crippen molar-refractivity contribution in [2.75, 3.05) is 26.2 Å². The molecule has 2 unspecified atom stereocenters. The number of fused-ring (bicyclic) bond motifs is 1. The Morgan fingerprint density at radius 1 is 0.952 bits per heavy atom. The van der Waals surface area contributed by atoms with E-state index in [4.69, 9.17) is 0 Å². The molecular weight excluding hydrogens is 260 g/mol. The van der Waals surface area contributed by atoms with Crippen LogP contribution in [0.5, 0.6) is 5.75 Å². The summed E-state index contributed by atoms with van der Waals surface area (Å²) in [5.74, 6) is 0.502. The number of likely N-dealkylation sites (tertiary alicyclic amines) is 2.